The van der Waals surface area contributed by atoms with E-state index >= 15 is 0 Å². The molecule has 102 valence electrons. The van der Waals surface area contributed by atoms with Crippen molar-refractivity contribution in [1.29, 1.82) is 0 Å². The van der Waals surface area contributed by atoms with E-state index in [0.29, 0.717) is 5.41 Å². The maximum Gasteiger partial charge on any atom is 0.0650 e. The molecule has 1 atom stereocenters. The average molecular weight is 240 g/mol. The second kappa shape index (κ2) is 6.22. The lowest BCUT2D eigenvalue weighted by atomic mass is 9.68. The summed E-state index contributed by atoms with van der Waals surface area (Å²) < 4.78 is 0. The van der Waals surface area contributed by atoms with E-state index in [1.165, 1.54) is 38.5 Å². The minimum absolute atomic E-state index is 0.343. The van der Waals surface area contributed by atoms with Crippen LogP contribution in [0.4, 0.5) is 0 Å². The monoisotopic (exact) mass is 240 g/mol. The van der Waals surface area contributed by atoms with Gasteiger partial charge in [-0.3, -0.25) is 0 Å². The number of rotatable bonds is 6. The molecule has 0 amide bonds. The third-order valence-corrected chi connectivity index (χ3v) is 4.75. The molecule has 1 aliphatic rings. The van der Waals surface area contributed by atoms with Crippen LogP contribution in [0, 0.1) is 11.3 Å². The molecule has 0 heterocycles. The predicted molar refractivity (Wildman–Crippen MR) is 75.1 cm³/mol. The van der Waals surface area contributed by atoms with Gasteiger partial charge >= 0.3 is 0 Å². The average Bonchev–Trinajstić information content (AvgIpc) is 2.29. The van der Waals surface area contributed by atoms with Crippen molar-refractivity contribution in [3.05, 3.63) is 0 Å². The van der Waals surface area contributed by atoms with Gasteiger partial charge in [0.15, 0.2) is 0 Å². The topological polar surface area (TPSA) is 20.2 Å². The van der Waals surface area contributed by atoms with Crippen LogP contribution in [0.3, 0.4) is 0 Å². The predicted octanol–water partition coefficient (Wildman–Crippen LogP) is 4.92. The van der Waals surface area contributed by atoms with E-state index in [0.717, 1.165) is 25.2 Å². The first-order valence-corrected chi connectivity index (χ1v) is 7.63. The highest BCUT2D eigenvalue weighted by Gasteiger charge is 2.37. The second-order valence-corrected chi connectivity index (χ2v) is 7.01. The highest BCUT2D eigenvalue weighted by molar-refractivity contribution is 4.90. The Hall–Kier alpha value is -0.0400. The van der Waals surface area contributed by atoms with E-state index in [4.69, 9.17) is 0 Å². The molecule has 0 aliphatic heterocycles. The Balaban J connectivity index is 2.43. The van der Waals surface area contributed by atoms with E-state index in [2.05, 4.69) is 27.7 Å². The molecular weight excluding hydrogens is 208 g/mol. The summed E-state index contributed by atoms with van der Waals surface area (Å²) in [6.07, 6.45) is 10.6. The first-order valence-electron chi connectivity index (χ1n) is 7.63. The number of unbranched alkanes of at least 4 members (excludes halogenated alkanes) is 1. The standard InChI is InChI=1S/C16H32O/c1-5-7-8-14(6-2)13-16(17)11-9-15(3,4)10-12-16/h14,17H,5-13H2,1-4H3. The van der Waals surface area contributed by atoms with E-state index in [1.807, 2.05) is 0 Å². The fourth-order valence-electron chi connectivity index (χ4n) is 3.08. The van der Waals surface area contributed by atoms with Crippen molar-refractivity contribution in [2.75, 3.05) is 0 Å². The minimum Gasteiger partial charge on any atom is -0.390 e. The molecule has 1 nitrogen and oxygen atoms in total. The molecule has 1 aliphatic carbocycles. The summed E-state index contributed by atoms with van der Waals surface area (Å²) in [6.45, 7) is 9.20. The zero-order chi connectivity index (χ0) is 12.9. The zero-order valence-electron chi connectivity index (χ0n) is 12.4. The maximum atomic E-state index is 10.7. The molecule has 0 aromatic rings. The number of hydrogen-bond donors (Lipinski definition) is 1. The third kappa shape index (κ3) is 4.99. The molecule has 1 fully saturated rings. The quantitative estimate of drug-likeness (QED) is 0.698. The molecule has 1 saturated carbocycles. The number of hydrogen-bond acceptors (Lipinski definition) is 1. The Morgan fingerprint density at radius 3 is 2.12 bits per heavy atom. The van der Waals surface area contributed by atoms with Crippen LogP contribution >= 0.6 is 0 Å². The van der Waals surface area contributed by atoms with Crippen LogP contribution in [0.5, 0.6) is 0 Å². The smallest absolute Gasteiger partial charge is 0.0650 e. The first kappa shape index (κ1) is 15.0. The molecule has 1 unspecified atom stereocenters. The van der Waals surface area contributed by atoms with Gasteiger partial charge in [-0.2, -0.15) is 0 Å². The van der Waals surface area contributed by atoms with Crippen molar-refractivity contribution in [2.45, 2.75) is 91.1 Å². The largest absolute Gasteiger partial charge is 0.390 e. The maximum absolute atomic E-state index is 10.7. The zero-order valence-corrected chi connectivity index (χ0v) is 12.4. The molecule has 0 spiro atoms. The van der Waals surface area contributed by atoms with E-state index in [-0.39, 0.29) is 5.60 Å². The Bertz CT molecular complexity index is 210. The summed E-state index contributed by atoms with van der Waals surface area (Å²) >= 11 is 0. The van der Waals surface area contributed by atoms with Crippen LogP contribution in [0.25, 0.3) is 0 Å². The fraction of sp³-hybridized carbons (Fsp3) is 1.00. The molecule has 0 aromatic heterocycles. The molecule has 0 saturated heterocycles. The lowest BCUT2D eigenvalue weighted by molar-refractivity contribution is -0.0447. The van der Waals surface area contributed by atoms with Crippen molar-refractivity contribution in [3.8, 4) is 0 Å². The van der Waals surface area contributed by atoms with Gasteiger partial charge in [-0.15, -0.1) is 0 Å². The first-order chi connectivity index (χ1) is 7.91. The van der Waals surface area contributed by atoms with Crippen molar-refractivity contribution in [3.63, 3.8) is 0 Å². The van der Waals surface area contributed by atoms with Gasteiger partial charge in [0.25, 0.3) is 0 Å². The summed E-state index contributed by atoms with van der Waals surface area (Å²) in [5, 5.41) is 10.7. The van der Waals surface area contributed by atoms with Gasteiger partial charge < -0.3 is 5.11 Å². The molecule has 17 heavy (non-hydrogen) atoms. The Kier molecular flexibility index (Phi) is 5.50. The van der Waals surface area contributed by atoms with Crippen molar-refractivity contribution in [1.82, 2.24) is 0 Å². The van der Waals surface area contributed by atoms with Gasteiger partial charge in [0.1, 0.15) is 0 Å². The highest BCUT2D eigenvalue weighted by atomic mass is 16.3. The molecule has 0 aromatic carbocycles. The Morgan fingerprint density at radius 1 is 1.06 bits per heavy atom. The summed E-state index contributed by atoms with van der Waals surface area (Å²) in [5.74, 6) is 0.737. The normalized spacial score (nSPS) is 24.5. The van der Waals surface area contributed by atoms with E-state index < -0.39 is 0 Å². The van der Waals surface area contributed by atoms with Gasteiger partial charge in [-0.1, -0.05) is 53.4 Å². The highest BCUT2D eigenvalue weighted by Crippen LogP contribution is 2.43. The van der Waals surface area contributed by atoms with Gasteiger partial charge in [0.2, 0.25) is 0 Å². The fourth-order valence-corrected chi connectivity index (χ4v) is 3.08. The van der Waals surface area contributed by atoms with Crippen LogP contribution in [-0.4, -0.2) is 10.7 Å². The van der Waals surface area contributed by atoms with Crippen LogP contribution < -0.4 is 0 Å². The molecule has 0 bridgehead atoms. The van der Waals surface area contributed by atoms with E-state index in [1.54, 1.807) is 0 Å². The lowest BCUT2D eigenvalue weighted by Crippen LogP contribution is -2.38. The van der Waals surface area contributed by atoms with Gasteiger partial charge in [-0.05, 0) is 43.4 Å². The summed E-state index contributed by atoms with van der Waals surface area (Å²) in [7, 11) is 0. The second-order valence-electron chi connectivity index (χ2n) is 7.01. The van der Waals surface area contributed by atoms with Crippen molar-refractivity contribution < 1.29 is 5.11 Å². The molecule has 1 rings (SSSR count). The molecule has 1 heteroatoms. The third-order valence-electron chi connectivity index (χ3n) is 4.75. The van der Waals surface area contributed by atoms with Crippen LogP contribution in [-0.2, 0) is 0 Å². The minimum atomic E-state index is -0.343. The summed E-state index contributed by atoms with van der Waals surface area (Å²) in [5.41, 5.74) is 0.112. The van der Waals surface area contributed by atoms with Crippen LogP contribution in [0.1, 0.15) is 85.5 Å². The van der Waals surface area contributed by atoms with Crippen molar-refractivity contribution >= 4 is 0 Å². The SMILES string of the molecule is CCCCC(CC)CC1(O)CCC(C)(C)CC1. The number of aliphatic hydroxyl groups is 1. The molecular formula is C16H32O. The lowest BCUT2D eigenvalue weighted by Gasteiger charge is -2.41. The van der Waals surface area contributed by atoms with Crippen molar-refractivity contribution in [2.24, 2.45) is 11.3 Å². The van der Waals surface area contributed by atoms with Crippen LogP contribution in [0.2, 0.25) is 0 Å². The molecule has 0 radical (unpaired) electrons. The summed E-state index contributed by atoms with van der Waals surface area (Å²) in [6, 6.07) is 0. The van der Waals surface area contributed by atoms with Gasteiger partial charge in [0.05, 0.1) is 5.60 Å². The van der Waals surface area contributed by atoms with Gasteiger partial charge in [-0.25, -0.2) is 0 Å². The van der Waals surface area contributed by atoms with Crippen LogP contribution in [0.15, 0.2) is 0 Å². The summed E-state index contributed by atoms with van der Waals surface area (Å²) in [4.78, 5) is 0. The Morgan fingerprint density at radius 2 is 1.65 bits per heavy atom. The molecule has 1 N–H and O–H groups in total. The van der Waals surface area contributed by atoms with Gasteiger partial charge in [0, 0.05) is 0 Å². The van der Waals surface area contributed by atoms with E-state index in [9.17, 15) is 5.11 Å². The Labute approximate surface area is 108 Å².